The fourth-order valence-corrected chi connectivity index (χ4v) is 3.40. The van der Waals surface area contributed by atoms with Gasteiger partial charge in [0.25, 0.3) is 0 Å². The van der Waals surface area contributed by atoms with Crippen molar-refractivity contribution in [1.29, 1.82) is 0 Å². The number of rotatable bonds is 7. The summed E-state index contributed by atoms with van der Waals surface area (Å²) in [6.07, 6.45) is 0.670. The van der Waals surface area contributed by atoms with Gasteiger partial charge in [0.2, 0.25) is 0 Å². The maximum atomic E-state index is 11.7. The van der Waals surface area contributed by atoms with Gasteiger partial charge in [0.1, 0.15) is 24.4 Å². The van der Waals surface area contributed by atoms with Gasteiger partial charge in [-0.25, -0.2) is 14.8 Å². The molecule has 0 saturated carbocycles. The molecule has 0 unspecified atom stereocenters. The average molecular weight is 529 g/mol. The molecule has 1 heterocycles. The summed E-state index contributed by atoms with van der Waals surface area (Å²) in [4.78, 5) is 31.2. The first kappa shape index (κ1) is 25.5. The van der Waals surface area contributed by atoms with E-state index in [-0.39, 0.29) is 45.5 Å². The molecule has 1 amide bonds. The lowest BCUT2D eigenvalue weighted by atomic mass is 10.2. The Labute approximate surface area is 209 Å². The Morgan fingerprint density at radius 1 is 1.09 bits per heavy atom. The fourth-order valence-electron chi connectivity index (χ4n) is 2.80. The van der Waals surface area contributed by atoms with Gasteiger partial charge in [0, 0.05) is 12.1 Å². The van der Waals surface area contributed by atoms with E-state index in [0.717, 1.165) is 0 Å². The van der Waals surface area contributed by atoms with Gasteiger partial charge in [0.15, 0.2) is 5.75 Å². The third kappa shape index (κ3) is 6.49. The van der Waals surface area contributed by atoms with Crippen molar-refractivity contribution in [3.8, 4) is 5.75 Å². The zero-order valence-corrected chi connectivity index (χ0v) is 20.6. The van der Waals surface area contributed by atoms with Crippen molar-refractivity contribution >= 4 is 69.0 Å². The molecule has 0 fully saturated rings. The number of alkyl carbamates (subject to hydrolysis) is 1. The lowest BCUT2D eigenvalue weighted by Gasteiger charge is -2.19. The second-order valence-electron chi connectivity index (χ2n) is 7.96. The summed E-state index contributed by atoms with van der Waals surface area (Å²) < 4.78 is 10.7. The number of halogens is 3. The highest BCUT2D eigenvalue weighted by molar-refractivity contribution is 6.44. The molecule has 1 aromatic heterocycles. The number of hydrogen-bond acceptors (Lipinski definition) is 8. The van der Waals surface area contributed by atoms with E-state index in [9.17, 15) is 14.9 Å². The second kappa shape index (κ2) is 10.5. The molecule has 2 N–H and O–H groups in total. The minimum atomic E-state index is -0.644. The number of carbonyl (C=O) groups is 1. The van der Waals surface area contributed by atoms with E-state index < -0.39 is 16.6 Å². The van der Waals surface area contributed by atoms with Crippen LogP contribution in [0.25, 0.3) is 10.9 Å². The summed E-state index contributed by atoms with van der Waals surface area (Å²) in [6, 6.07) is 5.70. The number of ether oxygens (including phenoxy) is 2. The van der Waals surface area contributed by atoms with Crippen molar-refractivity contribution in [2.45, 2.75) is 26.4 Å². The molecule has 0 saturated heterocycles. The number of aromatic nitrogens is 2. The average Bonchev–Trinajstić information content (AvgIpc) is 2.73. The molecule has 0 bridgehead atoms. The summed E-state index contributed by atoms with van der Waals surface area (Å²) >= 11 is 18.3. The smallest absolute Gasteiger partial charge is 0.407 e. The molecule has 10 nitrogen and oxygen atoms in total. The van der Waals surface area contributed by atoms with Crippen molar-refractivity contribution in [3.63, 3.8) is 0 Å². The van der Waals surface area contributed by atoms with Gasteiger partial charge >= 0.3 is 11.8 Å². The molecule has 2 aromatic carbocycles. The number of nitro benzene ring substituents is 1. The van der Waals surface area contributed by atoms with Gasteiger partial charge in [-0.1, -0.05) is 34.8 Å². The topological polar surface area (TPSA) is 129 Å². The molecule has 0 radical (unpaired) electrons. The van der Waals surface area contributed by atoms with Crippen molar-refractivity contribution in [2.75, 3.05) is 18.5 Å². The minimum absolute atomic E-state index is 0.0132. The maximum Gasteiger partial charge on any atom is 0.407 e. The summed E-state index contributed by atoms with van der Waals surface area (Å²) in [5.74, 6) is 0.257. The van der Waals surface area contributed by atoms with Crippen LogP contribution in [0.2, 0.25) is 15.1 Å². The molecule has 0 aliphatic carbocycles. The van der Waals surface area contributed by atoms with Crippen LogP contribution in [0, 0.1) is 10.1 Å². The molecule has 34 heavy (non-hydrogen) atoms. The Bertz CT molecular complexity index is 1250. The van der Waals surface area contributed by atoms with E-state index in [0.29, 0.717) is 16.6 Å². The van der Waals surface area contributed by atoms with Crippen LogP contribution in [0.5, 0.6) is 5.75 Å². The van der Waals surface area contributed by atoms with Gasteiger partial charge < -0.3 is 20.1 Å². The van der Waals surface area contributed by atoms with E-state index in [1.165, 1.54) is 30.6 Å². The molecule has 3 rings (SSSR count). The predicted octanol–water partition coefficient (Wildman–Crippen LogP) is 6.15. The molecular weight excluding hydrogens is 509 g/mol. The SMILES string of the molecule is CC(C)(C)OC(=O)NCCOc1cc2ncnc(Nc3cc(Cl)c(Cl)cc3Cl)c2cc1[N+](=O)[O-]. The molecule has 0 aliphatic heterocycles. The summed E-state index contributed by atoms with van der Waals surface area (Å²) in [6.45, 7) is 5.27. The highest BCUT2D eigenvalue weighted by atomic mass is 35.5. The van der Waals surface area contributed by atoms with Gasteiger partial charge in [0.05, 0.1) is 43.1 Å². The quantitative estimate of drug-likeness (QED) is 0.162. The number of fused-ring (bicyclic) bond motifs is 1. The standard InChI is InChI=1S/C21H20Cl3N5O5/c1-21(2,3)34-20(30)25-4-5-33-18-9-15-11(6-17(18)29(31)32)19(27-10-26-15)28-16-8-13(23)12(22)7-14(16)24/h6-10H,4-5H2,1-3H3,(H,25,30)(H,26,27,28). The van der Waals surface area contributed by atoms with E-state index in [2.05, 4.69) is 20.6 Å². The van der Waals surface area contributed by atoms with Crippen LogP contribution >= 0.6 is 34.8 Å². The molecular formula is C21H20Cl3N5O5. The first-order valence-electron chi connectivity index (χ1n) is 9.89. The van der Waals surface area contributed by atoms with Crippen molar-refractivity contribution < 1.29 is 19.2 Å². The number of amides is 1. The second-order valence-corrected chi connectivity index (χ2v) is 9.19. The Morgan fingerprint density at radius 2 is 1.79 bits per heavy atom. The van der Waals surface area contributed by atoms with Crippen LogP contribution in [0.1, 0.15) is 20.8 Å². The molecule has 0 aliphatic rings. The van der Waals surface area contributed by atoms with Crippen molar-refractivity contribution in [2.24, 2.45) is 0 Å². The number of anilines is 2. The third-order valence-electron chi connectivity index (χ3n) is 4.20. The number of nitrogens with one attached hydrogen (secondary N) is 2. The fraction of sp³-hybridized carbons (Fsp3) is 0.286. The van der Waals surface area contributed by atoms with Crippen molar-refractivity contribution in [3.05, 3.63) is 55.8 Å². The van der Waals surface area contributed by atoms with Crippen LogP contribution < -0.4 is 15.4 Å². The highest BCUT2D eigenvalue weighted by Gasteiger charge is 2.20. The third-order valence-corrected chi connectivity index (χ3v) is 5.24. The van der Waals surface area contributed by atoms with Crippen LogP contribution in [-0.4, -0.2) is 39.7 Å². The minimum Gasteiger partial charge on any atom is -0.485 e. The normalized spacial score (nSPS) is 11.2. The van der Waals surface area contributed by atoms with Crippen LogP contribution in [0.4, 0.5) is 22.0 Å². The number of nitro groups is 1. The lowest BCUT2D eigenvalue weighted by molar-refractivity contribution is -0.385. The van der Waals surface area contributed by atoms with E-state index in [1.54, 1.807) is 20.8 Å². The number of carbonyl (C=O) groups excluding carboxylic acids is 1. The van der Waals surface area contributed by atoms with Crippen molar-refractivity contribution in [1.82, 2.24) is 15.3 Å². The Balaban J connectivity index is 1.83. The van der Waals surface area contributed by atoms with E-state index in [4.69, 9.17) is 44.3 Å². The number of nitrogens with zero attached hydrogens (tertiary/aromatic N) is 3. The van der Waals surface area contributed by atoms with Gasteiger partial charge in [-0.15, -0.1) is 0 Å². The van der Waals surface area contributed by atoms with Crippen LogP contribution in [0.15, 0.2) is 30.6 Å². The van der Waals surface area contributed by atoms with E-state index >= 15 is 0 Å². The molecule has 0 spiro atoms. The van der Waals surface area contributed by atoms with Crippen LogP contribution in [0.3, 0.4) is 0 Å². The summed E-state index contributed by atoms with van der Waals surface area (Å²) in [7, 11) is 0. The van der Waals surface area contributed by atoms with E-state index in [1.807, 2.05) is 0 Å². The molecule has 0 atom stereocenters. The predicted molar refractivity (Wildman–Crippen MR) is 131 cm³/mol. The lowest BCUT2D eigenvalue weighted by Crippen LogP contribution is -2.34. The first-order valence-corrected chi connectivity index (χ1v) is 11.0. The molecule has 3 aromatic rings. The van der Waals surface area contributed by atoms with Gasteiger partial charge in [-0.05, 0) is 32.9 Å². The van der Waals surface area contributed by atoms with Gasteiger partial charge in [-0.3, -0.25) is 10.1 Å². The summed E-state index contributed by atoms with van der Waals surface area (Å²) in [5, 5.41) is 18.4. The Hall–Kier alpha value is -3.08. The zero-order valence-electron chi connectivity index (χ0n) is 18.3. The number of hydrogen-bond donors (Lipinski definition) is 2. The summed E-state index contributed by atoms with van der Waals surface area (Å²) in [5.41, 5.74) is -0.153. The Kier molecular flexibility index (Phi) is 7.86. The van der Waals surface area contributed by atoms with Crippen LogP contribution in [-0.2, 0) is 4.74 Å². The monoisotopic (exact) mass is 527 g/mol. The number of benzene rings is 2. The molecule has 180 valence electrons. The zero-order chi connectivity index (χ0) is 25.0. The molecule has 13 heteroatoms. The van der Waals surface area contributed by atoms with Gasteiger partial charge in [-0.2, -0.15) is 0 Å². The highest BCUT2D eigenvalue weighted by Crippen LogP contribution is 2.37. The Morgan fingerprint density at radius 3 is 2.47 bits per heavy atom. The first-order chi connectivity index (χ1) is 15.9. The largest absolute Gasteiger partial charge is 0.485 e. The maximum absolute atomic E-state index is 11.7.